The van der Waals surface area contributed by atoms with Gasteiger partial charge in [-0.3, -0.25) is 4.99 Å². The summed E-state index contributed by atoms with van der Waals surface area (Å²) >= 11 is 3.28. The van der Waals surface area contributed by atoms with E-state index in [-0.39, 0.29) is 11.8 Å². The zero-order valence-electron chi connectivity index (χ0n) is 11.4. The van der Waals surface area contributed by atoms with Crippen molar-refractivity contribution < 1.29 is 13.5 Å². The highest BCUT2D eigenvalue weighted by molar-refractivity contribution is 9.10. The molecule has 1 aromatic carbocycles. The maximum absolute atomic E-state index is 12.6. The van der Waals surface area contributed by atoms with Gasteiger partial charge in [0.1, 0.15) is 5.84 Å². The maximum Gasteiger partial charge on any atom is 0.387 e. The lowest BCUT2D eigenvalue weighted by atomic mass is 10.2. The van der Waals surface area contributed by atoms with Crippen LogP contribution in [0.1, 0.15) is 26.7 Å². The van der Waals surface area contributed by atoms with Crippen molar-refractivity contribution >= 4 is 27.5 Å². The molecule has 1 heterocycles. The predicted octanol–water partition coefficient (Wildman–Crippen LogP) is 4.46. The van der Waals surface area contributed by atoms with E-state index in [2.05, 4.69) is 32.6 Å². The average Bonchev–Trinajstić information content (AvgIpc) is 2.81. The van der Waals surface area contributed by atoms with Crippen molar-refractivity contribution in [3.05, 3.63) is 22.7 Å². The van der Waals surface area contributed by atoms with Crippen LogP contribution < -0.4 is 9.64 Å². The molecule has 0 aliphatic carbocycles. The topological polar surface area (TPSA) is 24.8 Å². The van der Waals surface area contributed by atoms with Crippen LogP contribution in [-0.2, 0) is 0 Å². The summed E-state index contributed by atoms with van der Waals surface area (Å²) in [5.41, 5.74) is 0.644. The van der Waals surface area contributed by atoms with E-state index in [1.165, 1.54) is 0 Å². The lowest BCUT2D eigenvalue weighted by Crippen LogP contribution is -2.29. The van der Waals surface area contributed by atoms with E-state index in [1.54, 1.807) is 12.1 Å². The van der Waals surface area contributed by atoms with E-state index in [0.29, 0.717) is 16.7 Å². The molecule has 1 aliphatic rings. The highest BCUT2D eigenvalue weighted by Gasteiger charge is 2.26. The molecule has 1 atom stereocenters. The molecule has 0 saturated carbocycles. The molecule has 1 aromatic rings. The molecule has 0 radical (unpaired) electrons. The lowest BCUT2D eigenvalue weighted by Gasteiger charge is -2.23. The Kier molecular flexibility index (Phi) is 4.96. The molecule has 20 heavy (non-hydrogen) atoms. The first kappa shape index (κ1) is 15.2. The van der Waals surface area contributed by atoms with Crippen LogP contribution in [0.15, 0.2) is 27.7 Å². The molecule has 1 unspecified atom stereocenters. The number of hydrogen-bond donors (Lipinski definition) is 0. The standard InChI is InChI=1S/C14H17BrF2N2O/c1-3-10-8-19(13(4-2)18-10)11-6-5-9(15)7-12(11)20-14(16)17/h5-7,10,14H,3-4,8H2,1-2H3. The minimum absolute atomic E-state index is 0.173. The number of anilines is 1. The van der Waals surface area contributed by atoms with Crippen molar-refractivity contribution in [2.75, 3.05) is 11.4 Å². The first-order chi connectivity index (χ1) is 9.55. The molecular weight excluding hydrogens is 330 g/mol. The van der Waals surface area contributed by atoms with Crippen LogP contribution in [0.3, 0.4) is 0 Å². The summed E-state index contributed by atoms with van der Waals surface area (Å²) in [5, 5.41) is 0. The Bertz CT molecular complexity index is 508. The monoisotopic (exact) mass is 346 g/mol. The maximum atomic E-state index is 12.6. The van der Waals surface area contributed by atoms with Crippen LogP contribution in [0.4, 0.5) is 14.5 Å². The molecule has 0 N–H and O–H groups in total. The summed E-state index contributed by atoms with van der Waals surface area (Å²) in [6, 6.07) is 5.38. The number of ether oxygens (including phenoxy) is 1. The normalized spacial score (nSPS) is 18.6. The number of hydrogen-bond acceptors (Lipinski definition) is 3. The highest BCUT2D eigenvalue weighted by atomic mass is 79.9. The number of amidine groups is 1. The second-order valence-electron chi connectivity index (χ2n) is 4.56. The molecule has 0 bridgehead atoms. The molecule has 6 heteroatoms. The number of benzene rings is 1. The van der Waals surface area contributed by atoms with Gasteiger partial charge in [0.2, 0.25) is 0 Å². The van der Waals surface area contributed by atoms with Gasteiger partial charge in [-0.15, -0.1) is 0 Å². The Morgan fingerprint density at radius 1 is 1.45 bits per heavy atom. The van der Waals surface area contributed by atoms with Gasteiger partial charge in [-0.1, -0.05) is 29.8 Å². The molecule has 0 amide bonds. The third-order valence-electron chi connectivity index (χ3n) is 3.25. The van der Waals surface area contributed by atoms with E-state index in [0.717, 1.165) is 18.7 Å². The molecule has 0 aromatic heterocycles. The van der Waals surface area contributed by atoms with Crippen molar-refractivity contribution in [2.24, 2.45) is 4.99 Å². The van der Waals surface area contributed by atoms with Gasteiger partial charge in [0.25, 0.3) is 0 Å². The molecule has 1 aliphatic heterocycles. The number of alkyl halides is 2. The fraction of sp³-hybridized carbons (Fsp3) is 0.500. The van der Waals surface area contributed by atoms with Crippen molar-refractivity contribution in [3.63, 3.8) is 0 Å². The first-order valence-electron chi connectivity index (χ1n) is 6.63. The Labute approximate surface area is 125 Å². The van der Waals surface area contributed by atoms with Crippen molar-refractivity contribution in [1.82, 2.24) is 0 Å². The average molecular weight is 347 g/mol. The summed E-state index contributed by atoms with van der Waals surface area (Å²) < 4.78 is 30.5. The van der Waals surface area contributed by atoms with Gasteiger partial charge >= 0.3 is 6.61 Å². The van der Waals surface area contributed by atoms with Crippen LogP contribution in [0.5, 0.6) is 5.75 Å². The predicted molar refractivity (Wildman–Crippen MR) is 79.9 cm³/mol. The van der Waals surface area contributed by atoms with Gasteiger partial charge in [-0.2, -0.15) is 8.78 Å². The van der Waals surface area contributed by atoms with Gasteiger partial charge in [0, 0.05) is 17.4 Å². The van der Waals surface area contributed by atoms with E-state index in [1.807, 2.05) is 17.9 Å². The second-order valence-corrected chi connectivity index (χ2v) is 5.48. The largest absolute Gasteiger partial charge is 0.433 e. The first-order valence-corrected chi connectivity index (χ1v) is 7.43. The number of aliphatic imine (C=N–C) groups is 1. The summed E-state index contributed by atoms with van der Waals surface area (Å²) in [6.07, 6.45) is 1.70. The van der Waals surface area contributed by atoms with Crippen LogP contribution in [0.25, 0.3) is 0 Å². The minimum atomic E-state index is -2.84. The zero-order chi connectivity index (χ0) is 14.7. The number of nitrogens with zero attached hydrogens (tertiary/aromatic N) is 2. The third kappa shape index (κ3) is 3.29. The quantitative estimate of drug-likeness (QED) is 0.786. The van der Waals surface area contributed by atoms with Crippen LogP contribution in [0.2, 0.25) is 0 Å². The molecule has 110 valence electrons. The fourth-order valence-corrected chi connectivity index (χ4v) is 2.62. The Morgan fingerprint density at radius 3 is 2.80 bits per heavy atom. The Morgan fingerprint density at radius 2 is 2.20 bits per heavy atom. The van der Waals surface area contributed by atoms with Crippen LogP contribution in [0, 0.1) is 0 Å². The Hall–Kier alpha value is -1.17. The minimum Gasteiger partial charge on any atom is -0.433 e. The summed E-state index contributed by atoms with van der Waals surface area (Å²) in [7, 11) is 0. The molecule has 0 spiro atoms. The summed E-state index contributed by atoms with van der Waals surface area (Å²) in [6.45, 7) is 1.95. The SMILES string of the molecule is CCC1=NC(CC)CN1c1ccc(Br)cc1OC(F)F. The molecule has 0 saturated heterocycles. The number of rotatable bonds is 5. The smallest absolute Gasteiger partial charge is 0.387 e. The van der Waals surface area contributed by atoms with E-state index < -0.39 is 6.61 Å². The molecule has 2 rings (SSSR count). The lowest BCUT2D eigenvalue weighted by molar-refractivity contribution is -0.0494. The van der Waals surface area contributed by atoms with E-state index in [4.69, 9.17) is 0 Å². The van der Waals surface area contributed by atoms with Crippen LogP contribution >= 0.6 is 15.9 Å². The van der Waals surface area contributed by atoms with Crippen molar-refractivity contribution in [1.29, 1.82) is 0 Å². The van der Waals surface area contributed by atoms with E-state index in [9.17, 15) is 8.78 Å². The van der Waals surface area contributed by atoms with Crippen LogP contribution in [-0.4, -0.2) is 25.0 Å². The summed E-state index contributed by atoms with van der Waals surface area (Å²) in [4.78, 5) is 6.58. The summed E-state index contributed by atoms with van der Waals surface area (Å²) in [5.74, 6) is 1.09. The third-order valence-corrected chi connectivity index (χ3v) is 3.75. The van der Waals surface area contributed by atoms with Crippen molar-refractivity contribution in [3.8, 4) is 5.75 Å². The fourth-order valence-electron chi connectivity index (χ4n) is 2.28. The second kappa shape index (κ2) is 6.52. The van der Waals surface area contributed by atoms with E-state index >= 15 is 0 Å². The van der Waals surface area contributed by atoms with Gasteiger partial charge < -0.3 is 9.64 Å². The molecule has 3 nitrogen and oxygen atoms in total. The highest BCUT2D eigenvalue weighted by Crippen LogP contribution is 2.35. The molecule has 0 fully saturated rings. The number of halogens is 3. The van der Waals surface area contributed by atoms with Crippen molar-refractivity contribution in [2.45, 2.75) is 39.3 Å². The van der Waals surface area contributed by atoms with Gasteiger partial charge in [0.05, 0.1) is 11.7 Å². The van der Waals surface area contributed by atoms with Gasteiger partial charge in [-0.25, -0.2) is 0 Å². The van der Waals surface area contributed by atoms with Gasteiger partial charge in [-0.05, 0) is 24.6 Å². The molecular formula is C14H17BrF2N2O. The van der Waals surface area contributed by atoms with Gasteiger partial charge in [0.15, 0.2) is 5.75 Å². The zero-order valence-corrected chi connectivity index (χ0v) is 13.0. The Balaban J connectivity index is 2.34.